The van der Waals surface area contributed by atoms with Gasteiger partial charge in [-0.25, -0.2) is 15.0 Å². The molecule has 0 aliphatic heterocycles. The lowest BCUT2D eigenvalue weighted by Crippen LogP contribution is -2.10. The number of methoxy groups -OCH3 is 3. The second kappa shape index (κ2) is 13.8. The number of hydrogen-bond acceptors (Lipinski definition) is 8. The van der Waals surface area contributed by atoms with Crippen LogP contribution in [0.3, 0.4) is 0 Å². The second-order valence-electron chi connectivity index (χ2n) is 11.1. The fourth-order valence-corrected chi connectivity index (χ4v) is 5.68. The molecular weight excluding hydrogens is 598 g/mol. The van der Waals surface area contributed by atoms with Gasteiger partial charge in [-0.3, -0.25) is 0 Å². The van der Waals surface area contributed by atoms with Crippen molar-refractivity contribution in [3.63, 3.8) is 0 Å². The fourth-order valence-electron chi connectivity index (χ4n) is 4.82. The molecule has 0 bridgehead atoms. The van der Waals surface area contributed by atoms with Crippen molar-refractivity contribution in [2.45, 2.75) is 13.3 Å². The van der Waals surface area contributed by atoms with Crippen molar-refractivity contribution in [2.75, 3.05) is 57.8 Å². The summed E-state index contributed by atoms with van der Waals surface area (Å²) in [6.07, 6.45) is 12.3. The lowest BCUT2D eigenvalue weighted by molar-refractivity contribution is 0.0907. The Balaban J connectivity index is 1.46. The molecule has 0 unspecified atom stereocenters. The quantitative estimate of drug-likeness (QED) is 0.137. The minimum absolute atomic E-state index is 0.395. The minimum atomic E-state index is -0.636. The number of ether oxygens (including phenoxy) is 4. The Labute approximate surface area is 264 Å². The number of imidazole rings is 1. The van der Waals surface area contributed by atoms with Crippen molar-refractivity contribution in [1.82, 2.24) is 19.7 Å². The van der Waals surface area contributed by atoms with E-state index in [9.17, 15) is 0 Å². The van der Waals surface area contributed by atoms with Crippen LogP contribution < -0.4 is 19.5 Å². The minimum Gasteiger partial charge on any atom is -0.497 e. The molecule has 0 aliphatic carbocycles. The van der Waals surface area contributed by atoms with Gasteiger partial charge >= 0.3 is 0 Å². The molecule has 0 aliphatic rings. The van der Waals surface area contributed by atoms with Gasteiger partial charge in [0.1, 0.15) is 29.8 Å². The monoisotopic (exact) mass is 635 g/mol. The Bertz CT molecular complexity index is 1750. The van der Waals surface area contributed by atoms with Crippen LogP contribution in [0.25, 0.3) is 33.4 Å². The molecule has 0 atom stereocenters. The van der Waals surface area contributed by atoms with Gasteiger partial charge < -0.3 is 28.8 Å². The van der Waals surface area contributed by atoms with E-state index in [1.54, 1.807) is 33.7 Å². The summed E-state index contributed by atoms with van der Waals surface area (Å²) >= 11 is 6.65. The topological polar surface area (TPSA) is 92.6 Å². The van der Waals surface area contributed by atoms with Crippen LogP contribution in [0, 0.1) is 0 Å². The van der Waals surface area contributed by atoms with Crippen LogP contribution in [0.5, 0.6) is 17.2 Å². The molecule has 44 heavy (non-hydrogen) atoms. The molecule has 0 amide bonds. The zero-order valence-corrected chi connectivity index (χ0v) is 27.5. The molecule has 3 aromatic carbocycles. The van der Waals surface area contributed by atoms with E-state index < -0.39 is 10.0 Å². The number of aromatic nitrogens is 4. The predicted molar refractivity (Wildman–Crippen MR) is 181 cm³/mol. The molecule has 0 radical (unpaired) electrons. The first-order valence-electron chi connectivity index (χ1n) is 14.0. The normalized spacial score (nSPS) is 11.9. The molecule has 1 N–H and O–H groups in total. The standard InChI is InChI=1S/C33H38ClN5O4S/c1-40-24-9-7-23(31(16-24)41-2)19-36-30-20-37-38-29-15-22(8-10-25(29)30)26-17-28(34)32(42-3)18-27(26)33-35-11-12-39(33)21-43-13-14-44(4,5)6/h7-12,15-18,20H,13-14,19,21H2,1-6H3,(H,36,38). The molecule has 232 valence electrons. The van der Waals surface area contributed by atoms with Crippen LogP contribution >= 0.6 is 21.6 Å². The summed E-state index contributed by atoms with van der Waals surface area (Å²) in [5.41, 5.74) is 5.28. The molecule has 5 rings (SSSR count). The number of halogens is 1. The van der Waals surface area contributed by atoms with Gasteiger partial charge in [-0.15, -0.1) is 0 Å². The van der Waals surface area contributed by atoms with Gasteiger partial charge in [0.25, 0.3) is 0 Å². The molecular formula is C33H38ClN5O4S. The zero-order valence-electron chi connectivity index (χ0n) is 25.9. The van der Waals surface area contributed by atoms with Crippen LogP contribution in [0.15, 0.2) is 67.1 Å². The largest absolute Gasteiger partial charge is 0.497 e. The van der Waals surface area contributed by atoms with Gasteiger partial charge in [0.2, 0.25) is 0 Å². The van der Waals surface area contributed by atoms with Crippen molar-refractivity contribution in [2.24, 2.45) is 0 Å². The summed E-state index contributed by atoms with van der Waals surface area (Å²) in [5, 5.41) is 13.7. The molecule has 9 nitrogen and oxygen atoms in total. The first kappa shape index (κ1) is 31.4. The number of fused-ring (bicyclic) bond motifs is 1. The number of rotatable bonds is 13. The molecule has 2 heterocycles. The highest BCUT2D eigenvalue weighted by Crippen LogP contribution is 2.40. The Morgan fingerprint density at radius 3 is 2.48 bits per heavy atom. The molecule has 2 aromatic heterocycles. The fraction of sp³-hybridized carbons (Fsp3) is 0.303. The highest BCUT2D eigenvalue weighted by molar-refractivity contribution is 8.32. The number of nitrogens with zero attached hydrogens (tertiary/aromatic N) is 4. The molecule has 0 saturated carbocycles. The van der Waals surface area contributed by atoms with Gasteiger partial charge in [-0.1, -0.05) is 17.7 Å². The third-order valence-electron chi connectivity index (χ3n) is 7.23. The Morgan fingerprint density at radius 2 is 1.73 bits per heavy atom. The summed E-state index contributed by atoms with van der Waals surface area (Å²) in [6.45, 7) is 1.63. The van der Waals surface area contributed by atoms with Crippen LogP contribution in [-0.4, -0.2) is 72.2 Å². The first-order valence-corrected chi connectivity index (χ1v) is 17.4. The Kier molecular flexibility index (Phi) is 9.83. The van der Waals surface area contributed by atoms with Crippen molar-refractivity contribution >= 4 is 38.2 Å². The SMILES string of the molecule is COc1ccc(CNc2cnnc3cc(-c4cc(Cl)c(OC)cc4-c4nccn4COCCS(C)(C)C)ccc23)c(OC)c1. The third-order valence-corrected chi connectivity index (χ3v) is 8.92. The summed E-state index contributed by atoms with van der Waals surface area (Å²) in [4.78, 5) is 4.69. The van der Waals surface area contributed by atoms with E-state index >= 15 is 0 Å². The van der Waals surface area contributed by atoms with Gasteiger partial charge in [0.05, 0.1) is 50.4 Å². The van der Waals surface area contributed by atoms with Crippen molar-refractivity contribution in [1.29, 1.82) is 0 Å². The summed E-state index contributed by atoms with van der Waals surface area (Å²) in [6, 6.07) is 15.7. The second-order valence-corrected chi connectivity index (χ2v) is 16.1. The number of hydrogen-bond donors (Lipinski definition) is 1. The zero-order chi connectivity index (χ0) is 31.3. The van der Waals surface area contributed by atoms with Gasteiger partial charge in [-0.2, -0.15) is 10.2 Å². The van der Waals surface area contributed by atoms with Crippen LogP contribution in [0.1, 0.15) is 5.56 Å². The average Bonchev–Trinajstić information content (AvgIpc) is 3.49. The summed E-state index contributed by atoms with van der Waals surface area (Å²) in [5.74, 6) is 3.85. The third kappa shape index (κ3) is 7.20. The van der Waals surface area contributed by atoms with E-state index in [1.165, 1.54) is 0 Å². The molecule has 0 saturated heterocycles. The van der Waals surface area contributed by atoms with E-state index in [-0.39, 0.29) is 0 Å². The lowest BCUT2D eigenvalue weighted by Gasteiger charge is -2.24. The lowest BCUT2D eigenvalue weighted by atomic mass is 9.97. The Hall–Kier alpha value is -3.99. The van der Waals surface area contributed by atoms with Crippen LogP contribution in [-0.2, 0) is 18.0 Å². The predicted octanol–water partition coefficient (Wildman–Crippen LogP) is 7.12. The summed E-state index contributed by atoms with van der Waals surface area (Å²) in [7, 11) is 4.26. The van der Waals surface area contributed by atoms with Crippen LogP contribution in [0.4, 0.5) is 5.69 Å². The van der Waals surface area contributed by atoms with E-state index in [4.69, 9.17) is 35.5 Å². The van der Waals surface area contributed by atoms with Gasteiger partial charge in [0, 0.05) is 47.3 Å². The first-order chi connectivity index (χ1) is 21.2. The molecule has 11 heteroatoms. The maximum Gasteiger partial charge on any atom is 0.142 e. The van der Waals surface area contributed by atoms with Gasteiger partial charge in [-0.05, 0) is 66.3 Å². The van der Waals surface area contributed by atoms with Crippen molar-refractivity contribution in [3.05, 3.63) is 77.7 Å². The highest BCUT2D eigenvalue weighted by atomic mass is 35.5. The molecule has 0 spiro atoms. The number of anilines is 1. The van der Waals surface area contributed by atoms with E-state index in [0.717, 1.165) is 61.9 Å². The van der Waals surface area contributed by atoms with E-state index in [0.29, 0.717) is 30.7 Å². The number of benzene rings is 3. The smallest absolute Gasteiger partial charge is 0.142 e. The maximum atomic E-state index is 6.65. The molecule has 0 fully saturated rings. The van der Waals surface area contributed by atoms with Crippen molar-refractivity contribution < 1.29 is 18.9 Å². The van der Waals surface area contributed by atoms with E-state index in [2.05, 4.69) is 40.3 Å². The maximum absolute atomic E-state index is 6.65. The average molecular weight is 636 g/mol. The van der Waals surface area contributed by atoms with Crippen LogP contribution in [0.2, 0.25) is 5.02 Å². The van der Waals surface area contributed by atoms with Crippen molar-refractivity contribution in [3.8, 4) is 39.8 Å². The van der Waals surface area contributed by atoms with E-state index in [1.807, 2.05) is 53.2 Å². The van der Waals surface area contributed by atoms with Gasteiger partial charge in [0.15, 0.2) is 0 Å². The highest BCUT2D eigenvalue weighted by Gasteiger charge is 2.18. The molecule has 5 aromatic rings. The Morgan fingerprint density at radius 1 is 0.909 bits per heavy atom. The number of nitrogens with one attached hydrogen (secondary N) is 1. The summed E-state index contributed by atoms with van der Waals surface area (Å²) < 4.78 is 24.5.